The standard InChI is InChI=1S/C5H6N2O2/c1-3(7)4(2-6)5(8)9/h7H2,1H3,(H,8,9)/b4-3-. The molecule has 0 amide bonds. The Morgan fingerprint density at radius 3 is 2.22 bits per heavy atom. The van der Waals surface area contributed by atoms with Crippen LogP contribution in [0.3, 0.4) is 0 Å². The normalized spacial score (nSPS) is 11.6. The van der Waals surface area contributed by atoms with Gasteiger partial charge in [0, 0.05) is 5.70 Å². The van der Waals surface area contributed by atoms with Gasteiger partial charge < -0.3 is 10.8 Å². The lowest BCUT2D eigenvalue weighted by Crippen LogP contribution is -2.05. The van der Waals surface area contributed by atoms with E-state index in [0.29, 0.717) is 0 Å². The van der Waals surface area contributed by atoms with Crippen LogP contribution in [-0.2, 0) is 4.79 Å². The number of rotatable bonds is 1. The average molecular weight is 126 g/mol. The van der Waals surface area contributed by atoms with Crippen LogP contribution in [0.4, 0.5) is 0 Å². The third kappa shape index (κ3) is 1.82. The quantitative estimate of drug-likeness (QED) is 0.377. The Hall–Kier alpha value is -1.50. The lowest BCUT2D eigenvalue weighted by molar-refractivity contribution is -0.132. The van der Waals surface area contributed by atoms with Crippen molar-refractivity contribution in [1.82, 2.24) is 0 Å². The van der Waals surface area contributed by atoms with Crippen LogP contribution in [0.2, 0.25) is 0 Å². The summed E-state index contributed by atoms with van der Waals surface area (Å²) in [5.41, 5.74) is 4.66. The Labute approximate surface area is 52.2 Å². The van der Waals surface area contributed by atoms with Crippen molar-refractivity contribution in [3.8, 4) is 6.07 Å². The third-order valence-corrected chi connectivity index (χ3v) is 0.720. The Morgan fingerprint density at radius 2 is 2.22 bits per heavy atom. The number of carboxylic acid groups (broad SMARTS) is 1. The second-order valence-corrected chi connectivity index (χ2v) is 1.47. The number of hydrogen-bond donors (Lipinski definition) is 2. The van der Waals surface area contributed by atoms with Crippen LogP contribution in [0.5, 0.6) is 0 Å². The maximum Gasteiger partial charge on any atom is 0.348 e. The average Bonchev–Trinajstić information content (AvgIpc) is 1.64. The Balaban J connectivity index is 4.62. The van der Waals surface area contributed by atoms with Crippen LogP contribution < -0.4 is 5.73 Å². The monoisotopic (exact) mass is 126 g/mol. The van der Waals surface area contributed by atoms with Gasteiger partial charge in [0.15, 0.2) is 5.57 Å². The molecule has 0 aliphatic rings. The minimum absolute atomic E-state index is 0.0324. The van der Waals surface area contributed by atoms with Gasteiger partial charge in [-0.25, -0.2) is 4.79 Å². The van der Waals surface area contributed by atoms with Crippen molar-refractivity contribution in [3.05, 3.63) is 11.3 Å². The summed E-state index contributed by atoms with van der Waals surface area (Å²) in [6, 6.07) is 1.46. The van der Waals surface area contributed by atoms with E-state index in [0.717, 1.165) is 0 Å². The molecule has 0 aromatic heterocycles. The van der Waals surface area contributed by atoms with Gasteiger partial charge in [0.1, 0.15) is 6.07 Å². The van der Waals surface area contributed by atoms with Gasteiger partial charge in [-0.3, -0.25) is 0 Å². The van der Waals surface area contributed by atoms with Crippen molar-refractivity contribution in [1.29, 1.82) is 5.26 Å². The summed E-state index contributed by atoms with van der Waals surface area (Å²) in [6.45, 7) is 1.37. The van der Waals surface area contributed by atoms with Crippen molar-refractivity contribution >= 4 is 5.97 Å². The lowest BCUT2D eigenvalue weighted by atomic mass is 10.2. The van der Waals surface area contributed by atoms with Gasteiger partial charge in [0.2, 0.25) is 0 Å². The zero-order valence-electron chi connectivity index (χ0n) is 4.88. The first-order chi connectivity index (χ1) is 4.09. The fraction of sp³-hybridized carbons (Fsp3) is 0.200. The summed E-state index contributed by atoms with van der Waals surface area (Å²) in [7, 11) is 0. The predicted octanol–water partition coefficient (Wildman–Crippen LogP) is -0.173. The van der Waals surface area contributed by atoms with E-state index < -0.39 is 11.5 Å². The molecular formula is C5H6N2O2. The first-order valence-corrected chi connectivity index (χ1v) is 2.19. The summed E-state index contributed by atoms with van der Waals surface area (Å²) in [4.78, 5) is 10.0. The van der Waals surface area contributed by atoms with Crippen LogP contribution in [0.1, 0.15) is 6.92 Å². The van der Waals surface area contributed by atoms with Crippen LogP contribution >= 0.6 is 0 Å². The van der Waals surface area contributed by atoms with E-state index in [9.17, 15) is 4.79 Å². The molecule has 0 aliphatic heterocycles. The van der Waals surface area contributed by atoms with Gasteiger partial charge in [-0.2, -0.15) is 5.26 Å². The second kappa shape index (κ2) is 2.72. The van der Waals surface area contributed by atoms with E-state index in [1.807, 2.05) is 0 Å². The van der Waals surface area contributed by atoms with Crippen LogP contribution in [0.25, 0.3) is 0 Å². The maximum absolute atomic E-state index is 10.0. The third-order valence-electron chi connectivity index (χ3n) is 0.720. The first kappa shape index (κ1) is 7.50. The summed E-state index contributed by atoms with van der Waals surface area (Å²) >= 11 is 0. The first-order valence-electron chi connectivity index (χ1n) is 2.19. The highest BCUT2D eigenvalue weighted by Gasteiger charge is 2.06. The SMILES string of the molecule is C/C(N)=C(\C#N)C(=O)O. The molecular weight excluding hydrogens is 120 g/mol. The van der Waals surface area contributed by atoms with Crippen LogP contribution in [0.15, 0.2) is 11.3 Å². The molecule has 9 heavy (non-hydrogen) atoms. The Morgan fingerprint density at radius 1 is 1.78 bits per heavy atom. The molecule has 0 atom stereocenters. The van der Waals surface area contributed by atoms with Gasteiger partial charge in [-0.15, -0.1) is 0 Å². The van der Waals surface area contributed by atoms with Crippen LogP contribution in [-0.4, -0.2) is 11.1 Å². The number of nitrogens with zero attached hydrogens (tertiary/aromatic N) is 1. The summed E-state index contributed by atoms with van der Waals surface area (Å²) in [6.07, 6.45) is 0. The second-order valence-electron chi connectivity index (χ2n) is 1.47. The van der Waals surface area contributed by atoms with Crippen molar-refractivity contribution < 1.29 is 9.90 Å². The largest absolute Gasteiger partial charge is 0.477 e. The molecule has 0 saturated carbocycles. The number of allylic oxidation sites excluding steroid dienone is 1. The summed E-state index contributed by atoms with van der Waals surface area (Å²) < 4.78 is 0. The minimum atomic E-state index is -1.28. The molecule has 0 unspecified atom stereocenters. The fourth-order valence-electron chi connectivity index (χ4n) is 0.305. The smallest absolute Gasteiger partial charge is 0.348 e. The predicted molar refractivity (Wildman–Crippen MR) is 30.1 cm³/mol. The zero-order valence-corrected chi connectivity index (χ0v) is 4.88. The number of hydrogen-bond acceptors (Lipinski definition) is 3. The highest BCUT2D eigenvalue weighted by Crippen LogP contribution is 1.94. The number of carboxylic acids is 1. The van der Waals surface area contributed by atoms with Gasteiger partial charge in [-0.1, -0.05) is 0 Å². The topological polar surface area (TPSA) is 87.1 Å². The number of nitrogens with two attached hydrogens (primary N) is 1. The molecule has 3 N–H and O–H groups in total. The summed E-state index contributed by atoms with van der Waals surface area (Å²) in [5.74, 6) is -1.28. The van der Waals surface area contributed by atoms with Gasteiger partial charge in [0.25, 0.3) is 0 Å². The molecule has 0 bridgehead atoms. The molecule has 0 heterocycles. The molecule has 0 spiro atoms. The molecule has 4 nitrogen and oxygen atoms in total. The number of nitriles is 1. The lowest BCUT2D eigenvalue weighted by Gasteiger charge is -1.90. The van der Waals surface area contributed by atoms with E-state index in [2.05, 4.69) is 0 Å². The minimum Gasteiger partial charge on any atom is -0.477 e. The van der Waals surface area contributed by atoms with E-state index in [1.54, 1.807) is 0 Å². The van der Waals surface area contributed by atoms with E-state index in [-0.39, 0.29) is 5.70 Å². The highest BCUT2D eigenvalue weighted by atomic mass is 16.4. The van der Waals surface area contributed by atoms with Crippen molar-refractivity contribution in [3.63, 3.8) is 0 Å². The highest BCUT2D eigenvalue weighted by molar-refractivity contribution is 5.91. The van der Waals surface area contributed by atoms with Crippen molar-refractivity contribution in [2.24, 2.45) is 5.73 Å². The van der Waals surface area contributed by atoms with Gasteiger partial charge >= 0.3 is 5.97 Å². The molecule has 0 fully saturated rings. The number of aliphatic carboxylic acids is 1. The van der Waals surface area contributed by atoms with Crippen molar-refractivity contribution in [2.45, 2.75) is 6.92 Å². The zero-order chi connectivity index (χ0) is 7.44. The maximum atomic E-state index is 10.0. The molecule has 0 aliphatic carbocycles. The molecule has 4 heteroatoms. The van der Waals surface area contributed by atoms with Crippen molar-refractivity contribution in [2.75, 3.05) is 0 Å². The molecule has 0 saturated heterocycles. The number of carbonyl (C=O) groups is 1. The Kier molecular flexibility index (Phi) is 2.27. The van der Waals surface area contributed by atoms with Crippen LogP contribution in [0, 0.1) is 11.3 Å². The molecule has 0 rings (SSSR count). The van der Waals surface area contributed by atoms with Gasteiger partial charge in [-0.05, 0) is 6.92 Å². The van der Waals surface area contributed by atoms with E-state index >= 15 is 0 Å². The fourth-order valence-corrected chi connectivity index (χ4v) is 0.305. The van der Waals surface area contributed by atoms with E-state index in [1.165, 1.54) is 13.0 Å². The molecule has 0 radical (unpaired) electrons. The molecule has 0 aromatic carbocycles. The summed E-state index contributed by atoms with van der Waals surface area (Å²) in [5, 5.41) is 16.3. The Bertz CT molecular complexity index is 195. The molecule has 48 valence electrons. The van der Waals surface area contributed by atoms with Gasteiger partial charge in [0.05, 0.1) is 0 Å². The van der Waals surface area contributed by atoms with E-state index in [4.69, 9.17) is 16.1 Å². The molecule has 0 aromatic rings.